The Labute approximate surface area is 119 Å². The maximum Gasteiger partial charge on any atom is 0.162 e. The van der Waals surface area contributed by atoms with Crippen LogP contribution in [0.4, 0.5) is 5.82 Å². The standard InChI is InChI=1S/C14H23N5O/c1-9-10(2)17-18-14(12(9)13(15)16)19-7-4-3-5-11(19)6-8-20/h11,20H,3-8H2,1-2H3,(H3,15,16). The molecule has 0 aliphatic carbocycles. The minimum atomic E-state index is 0.0313. The molecule has 1 atom stereocenters. The van der Waals surface area contributed by atoms with E-state index in [1.54, 1.807) is 0 Å². The fraction of sp³-hybridized carbons (Fsp3) is 0.643. The summed E-state index contributed by atoms with van der Waals surface area (Å²) in [6.45, 7) is 4.84. The number of amidine groups is 1. The number of nitrogen functional groups attached to an aromatic ring is 1. The molecule has 2 rings (SSSR count). The van der Waals surface area contributed by atoms with Crippen LogP contribution in [0.2, 0.25) is 0 Å². The van der Waals surface area contributed by atoms with Gasteiger partial charge in [-0.05, 0) is 45.1 Å². The zero-order valence-electron chi connectivity index (χ0n) is 12.2. The van der Waals surface area contributed by atoms with Gasteiger partial charge in [0.25, 0.3) is 0 Å². The third-order valence-electron chi connectivity index (χ3n) is 4.07. The van der Waals surface area contributed by atoms with Crippen molar-refractivity contribution in [1.29, 1.82) is 5.41 Å². The van der Waals surface area contributed by atoms with E-state index in [4.69, 9.17) is 11.1 Å². The van der Waals surface area contributed by atoms with Crippen molar-refractivity contribution in [3.05, 3.63) is 16.8 Å². The van der Waals surface area contributed by atoms with Crippen LogP contribution in [0.15, 0.2) is 0 Å². The van der Waals surface area contributed by atoms with Gasteiger partial charge in [0.2, 0.25) is 0 Å². The topological polar surface area (TPSA) is 99.1 Å². The van der Waals surface area contributed by atoms with Gasteiger partial charge in [0.1, 0.15) is 5.84 Å². The molecule has 0 amide bonds. The molecule has 1 aliphatic rings. The summed E-state index contributed by atoms with van der Waals surface area (Å²) in [6.07, 6.45) is 4.00. The highest BCUT2D eigenvalue weighted by molar-refractivity contribution is 6.01. The van der Waals surface area contributed by atoms with E-state index in [1.807, 2.05) is 13.8 Å². The van der Waals surface area contributed by atoms with Gasteiger partial charge < -0.3 is 15.7 Å². The number of aliphatic hydroxyl groups is 1. The van der Waals surface area contributed by atoms with Gasteiger partial charge in [-0.2, -0.15) is 5.10 Å². The van der Waals surface area contributed by atoms with Crippen molar-refractivity contribution in [2.75, 3.05) is 18.1 Å². The molecular weight excluding hydrogens is 254 g/mol. The number of nitrogens with two attached hydrogens (primary N) is 1. The van der Waals surface area contributed by atoms with Crippen molar-refractivity contribution in [2.45, 2.75) is 45.6 Å². The van der Waals surface area contributed by atoms with Crippen molar-refractivity contribution in [1.82, 2.24) is 10.2 Å². The van der Waals surface area contributed by atoms with E-state index in [1.165, 1.54) is 0 Å². The zero-order valence-corrected chi connectivity index (χ0v) is 12.2. The normalized spacial score (nSPS) is 19.1. The fourth-order valence-electron chi connectivity index (χ4n) is 2.85. The summed E-state index contributed by atoms with van der Waals surface area (Å²) in [5.74, 6) is 0.725. The molecule has 0 spiro atoms. The maximum absolute atomic E-state index is 9.23. The quantitative estimate of drug-likeness (QED) is 0.566. The van der Waals surface area contributed by atoms with Crippen LogP contribution in [0.1, 0.15) is 42.5 Å². The highest BCUT2D eigenvalue weighted by Crippen LogP contribution is 2.29. The van der Waals surface area contributed by atoms with Gasteiger partial charge in [-0.25, -0.2) is 0 Å². The van der Waals surface area contributed by atoms with Gasteiger partial charge in [-0.3, -0.25) is 5.41 Å². The van der Waals surface area contributed by atoms with Gasteiger partial charge in [0.05, 0.1) is 11.3 Å². The second-order valence-corrected chi connectivity index (χ2v) is 5.38. The van der Waals surface area contributed by atoms with Gasteiger partial charge >= 0.3 is 0 Å². The van der Waals surface area contributed by atoms with Crippen LogP contribution in [-0.4, -0.2) is 40.3 Å². The summed E-state index contributed by atoms with van der Waals surface area (Å²) in [4.78, 5) is 2.16. The second kappa shape index (κ2) is 6.17. The van der Waals surface area contributed by atoms with Crippen LogP contribution in [0.25, 0.3) is 0 Å². The van der Waals surface area contributed by atoms with E-state index in [0.717, 1.165) is 37.1 Å². The molecule has 1 aliphatic heterocycles. The third kappa shape index (κ3) is 2.75. The number of nitrogens with one attached hydrogen (secondary N) is 1. The van der Waals surface area contributed by atoms with Crippen LogP contribution in [0.3, 0.4) is 0 Å². The van der Waals surface area contributed by atoms with E-state index in [-0.39, 0.29) is 18.5 Å². The number of aromatic nitrogens is 2. The van der Waals surface area contributed by atoms with Crippen LogP contribution in [0.5, 0.6) is 0 Å². The molecule has 1 saturated heterocycles. The Morgan fingerprint density at radius 1 is 1.40 bits per heavy atom. The van der Waals surface area contributed by atoms with E-state index in [9.17, 15) is 5.11 Å². The first kappa shape index (κ1) is 14.7. The van der Waals surface area contributed by atoms with Crippen LogP contribution >= 0.6 is 0 Å². The Morgan fingerprint density at radius 2 is 2.15 bits per heavy atom. The van der Waals surface area contributed by atoms with Crippen molar-refractivity contribution in [3.63, 3.8) is 0 Å². The summed E-state index contributed by atoms with van der Waals surface area (Å²) in [6, 6.07) is 0.253. The molecule has 110 valence electrons. The lowest BCUT2D eigenvalue weighted by molar-refractivity contribution is 0.262. The Hall–Kier alpha value is -1.69. The summed E-state index contributed by atoms with van der Waals surface area (Å²) in [5, 5.41) is 25.5. The van der Waals surface area contributed by atoms with Gasteiger partial charge in [-0.1, -0.05) is 0 Å². The molecule has 6 nitrogen and oxygen atoms in total. The number of aryl methyl sites for hydroxylation is 1. The molecule has 1 unspecified atom stereocenters. The number of hydrogen-bond donors (Lipinski definition) is 3. The number of piperidine rings is 1. The molecule has 0 bridgehead atoms. The molecule has 1 aromatic rings. The summed E-state index contributed by atoms with van der Waals surface area (Å²) >= 11 is 0. The van der Waals surface area contributed by atoms with Crippen molar-refractivity contribution >= 4 is 11.7 Å². The summed E-state index contributed by atoms with van der Waals surface area (Å²) in [5.41, 5.74) is 8.15. The number of rotatable bonds is 4. The lowest BCUT2D eigenvalue weighted by Crippen LogP contribution is -2.42. The SMILES string of the molecule is Cc1nnc(N2CCCCC2CCO)c(C(=N)N)c1C. The maximum atomic E-state index is 9.23. The summed E-state index contributed by atoms with van der Waals surface area (Å²) in [7, 11) is 0. The predicted octanol–water partition coefficient (Wildman–Crippen LogP) is 1.12. The second-order valence-electron chi connectivity index (χ2n) is 5.38. The first-order valence-corrected chi connectivity index (χ1v) is 7.12. The monoisotopic (exact) mass is 277 g/mol. The Morgan fingerprint density at radius 3 is 2.80 bits per heavy atom. The molecule has 1 fully saturated rings. The summed E-state index contributed by atoms with van der Waals surface area (Å²) < 4.78 is 0. The average Bonchev–Trinajstić information content (AvgIpc) is 2.42. The van der Waals surface area contributed by atoms with E-state index < -0.39 is 0 Å². The van der Waals surface area contributed by atoms with Crippen LogP contribution in [0, 0.1) is 19.3 Å². The van der Waals surface area contributed by atoms with Crippen molar-refractivity contribution in [2.24, 2.45) is 5.73 Å². The lowest BCUT2D eigenvalue weighted by Gasteiger charge is -2.37. The molecule has 0 aromatic carbocycles. The number of anilines is 1. The molecule has 4 N–H and O–H groups in total. The highest BCUT2D eigenvalue weighted by Gasteiger charge is 2.27. The van der Waals surface area contributed by atoms with Crippen LogP contribution in [-0.2, 0) is 0 Å². The van der Waals surface area contributed by atoms with Crippen molar-refractivity contribution in [3.8, 4) is 0 Å². The molecule has 2 heterocycles. The molecule has 1 aromatic heterocycles. The minimum Gasteiger partial charge on any atom is -0.396 e. The Bertz CT molecular complexity index is 501. The van der Waals surface area contributed by atoms with Crippen LogP contribution < -0.4 is 10.6 Å². The largest absolute Gasteiger partial charge is 0.396 e. The number of nitrogens with zero attached hydrogens (tertiary/aromatic N) is 3. The fourth-order valence-corrected chi connectivity index (χ4v) is 2.85. The Balaban J connectivity index is 2.44. The average molecular weight is 277 g/mol. The number of aliphatic hydroxyl groups excluding tert-OH is 1. The highest BCUT2D eigenvalue weighted by atomic mass is 16.3. The lowest BCUT2D eigenvalue weighted by atomic mass is 9.98. The molecular formula is C14H23N5O. The molecule has 20 heavy (non-hydrogen) atoms. The van der Waals surface area contributed by atoms with E-state index in [2.05, 4.69) is 15.1 Å². The molecule has 0 saturated carbocycles. The zero-order chi connectivity index (χ0) is 14.7. The first-order valence-electron chi connectivity index (χ1n) is 7.12. The molecule has 0 radical (unpaired) electrons. The van der Waals surface area contributed by atoms with Gasteiger partial charge in [-0.15, -0.1) is 5.10 Å². The minimum absolute atomic E-state index is 0.0313. The van der Waals surface area contributed by atoms with E-state index >= 15 is 0 Å². The van der Waals surface area contributed by atoms with Gasteiger partial charge in [0.15, 0.2) is 5.82 Å². The van der Waals surface area contributed by atoms with E-state index in [0.29, 0.717) is 17.8 Å². The predicted molar refractivity (Wildman–Crippen MR) is 79.2 cm³/mol. The van der Waals surface area contributed by atoms with Gasteiger partial charge in [0, 0.05) is 19.2 Å². The smallest absolute Gasteiger partial charge is 0.162 e. The molecule has 6 heteroatoms. The first-order chi connectivity index (χ1) is 9.56. The Kier molecular flexibility index (Phi) is 4.54. The number of hydrogen-bond acceptors (Lipinski definition) is 5. The van der Waals surface area contributed by atoms with Crippen molar-refractivity contribution < 1.29 is 5.11 Å². The third-order valence-corrected chi connectivity index (χ3v) is 4.07.